The Balaban J connectivity index is 3.41. The van der Waals surface area contributed by atoms with E-state index in [-0.39, 0.29) is 11.9 Å². The van der Waals surface area contributed by atoms with E-state index in [1.54, 1.807) is 20.8 Å². The second-order valence-electron chi connectivity index (χ2n) is 9.75. The number of hydrogen-bond donors (Lipinski definition) is 3. The molecular formula is C25H41N3O5. The predicted octanol–water partition coefficient (Wildman–Crippen LogP) is 3.38. The Morgan fingerprint density at radius 3 is 2.09 bits per heavy atom. The molecule has 186 valence electrons. The number of benzene rings is 1. The quantitative estimate of drug-likeness (QED) is 0.493. The number of amides is 3. The van der Waals surface area contributed by atoms with E-state index in [0.29, 0.717) is 18.5 Å². The topological polar surface area (TPSA) is 108 Å². The van der Waals surface area contributed by atoms with Gasteiger partial charge in [-0.3, -0.25) is 9.59 Å². The minimum absolute atomic E-state index is 0.123. The molecule has 0 spiro atoms. The highest BCUT2D eigenvalue weighted by molar-refractivity contribution is 5.92. The molecule has 2 atom stereocenters. The lowest BCUT2D eigenvalue weighted by atomic mass is 9.98. The molecule has 0 aliphatic carbocycles. The first-order chi connectivity index (χ1) is 15.3. The number of unbranched alkanes of at least 4 members (excludes halogenated alkanes) is 1. The first kappa shape index (κ1) is 28.4. The molecule has 33 heavy (non-hydrogen) atoms. The molecule has 2 unspecified atom stereocenters. The lowest BCUT2D eigenvalue weighted by Crippen LogP contribution is -2.55. The third-order valence-electron chi connectivity index (χ3n) is 4.76. The molecule has 1 aromatic carbocycles. The molecule has 0 aliphatic heterocycles. The Kier molecular flexibility index (Phi) is 10.8. The van der Waals surface area contributed by atoms with Crippen LogP contribution < -0.4 is 10.6 Å². The summed E-state index contributed by atoms with van der Waals surface area (Å²) >= 11 is 0. The highest BCUT2D eigenvalue weighted by atomic mass is 16.6. The molecule has 0 radical (unpaired) electrons. The third-order valence-corrected chi connectivity index (χ3v) is 4.76. The van der Waals surface area contributed by atoms with Gasteiger partial charge in [0, 0.05) is 12.6 Å². The van der Waals surface area contributed by atoms with Crippen LogP contribution in [0.25, 0.3) is 0 Å². The van der Waals surface area contributed by atoms with E-state index in [1.165, 1.54) is 4.90 Å². The van der Waals surface area contributed by atoms with Crippen molar-refractivity contribution in [2.45, 2.75) is 92.0 Å². The molecule has 0 aromatic heterocycles. The maximum absolute atomic E-state index is 13.6. The number of rotatable bonds is 10. The third kappa shape index (κ3) is 9.42. The minimum atomic E-state index is -1.24. The van der Waals surface area contributed by atoms with Gasteiger partial charge in [0.2, 0.25) is 11.8 Å². The van der Waals surface area contributed by atoms with E-state index in [0.717, 1.165) is 17.5 Å². The van der Waals surface area contributed by atoms with Crippen LogP contribution in [0.5, 0.6) is 0 Å². The molecule has 0 bridgehead atoms. The normalized spacial score (nSPS) is 13.3. The van der Waals surface area contributed by atoms with Gasteiger partial charge in [0.15, 0.2) is 0 Å². The van der Waals surface area contributed by atoms with Crippen LogP contribution in [-0.2, 0) is 14.3 Å². The Morgan fingerprint density at radius 2 is 1.64 bits per heavy atom. The molecule has 1 rings (SSSR count). The van der Waals surface area contributed by atoms with Crippen LogP contribution >= 0.6 is 0 Å². The summed E-state index contributed by atoms with van der Waals surface area (Å²) < 4.78 is 5.25. The number of aliphatic hydroxyl groups is 1. The average molecular weight is 464 g/mol. The van der Waals surface area contributed by atoms with Gasteiger partial charge in [0.25, 0.3) is 0 Å². The summed E-state index contributed by atoms with van der Waals surface area (Å²) in [5.41, 5.74) is 1.87. The Hall–Kier alpha value is -2.61. The summed E-state index contributed by atoms with van der Waals surface area (Å²) in [4.78, 5) is 40.6. The Morgan fingerprint density at radius 1 is 1.06 bits per heavy atom. The fraction of sp³-hybridized carbons (Fsp3) is 0.640. The van der Waals surface area contributed by atoms with Crippen molar-refractivity contribution in [3.05, 3.63) is 34.9 Å². The zero-order chi connectivity index (χ0) is 25.3. The van der Waals surface area contributed by atoms with E-state index in [9.17, 15) is 19.5 Å². The summed E-state index contributed by atoms with van der Waals surface area (Å²) in [7, 11) is 0. The number of aliphatic hydroxyl groups excluding tert-OH is 1. The standard InChI is InChI=1S/C25H41N3O5/c1-9-10-11-28(23(31)20(15-29)27-24(32)33-25(6,7)8)21(22(30)26-16(2)3)19-13-17(4)12-18(5)14-19/h12-14,16,20-21,29H,9-11,15H2,1-8H3,(H,26,30)(H,27,32). The summed E-state index contributed by atoms with van der Waals surface area (Å²) in [6.07, 6.45) is 0.658. The number of carbonyl (C=O) groups excluding carboxylic acids is 3. The second kappa shape index (κ2) is 12.6. The summed E-state index contributed by atoms with van der Waals surface area (Å²) in [6, 6.07) is 3.51. The van der Waals surface area contributed by atoms with Crippen LogP contribution in [0.15, 0.2) is 18.2 Å². The van der Waals surface area contributed by atoms with Crippen molar-refractivity contribution >= 4 is 17.9 Å². The van der Waals surface area contributed by atoms with E-state index in [1.807, 2.05) is 52.8 Å². The summed E-state index contributed by atoms with van der Waals surface area (Å²) in [5, 5.41) is 15.3. The van der Waals surface area contributed by atoms with Gasteiger partial charge >= 0.3 is 6.09 Å². The lowest BCUT2D eigenvalue weighted by Gasteiger charge is -2.34. The maximum atomic E-state index is 13.6. The van der Waals surface area contributed by atoms with Crippen LogP contribution in [0.4, 0.5) is 4.79 Å². The molecule has 0 saturated carbocycles. The molecule has 8 heteroatoms. The van der Waals surface area contributed by atoms with Gasteiger partial charge in [0.1, 0.15) is 17.7 Å². The zero-order valence-electron chi connectivity index (χ0n) is 21.3. The van der Waals surface area contributed by atoms with Gasteiger partial charge in [-0.1, -0.05) is 42.7 Å². The van der Waals surface area contributed by atoms with Gasteiger partial charge < -0.3 is 25.4 Å². The fourth-order valence-corrected chi connectivity index (χ4v) is 3.53. The number of hydrogen-bond acceptors (Lipinski definition) is 5. The van der Waals surface area contributed by atoms with Crippen molar-refractivity contribution in [1.29, 1.82) is 0 Å². The van der Waals surface area contributed by atoms with Crippen molar-refractivity contribution in [1.82, 2.24) is 15.5 Å². The second-order valence-corrected chi connectivity index (χ2v) is 9.75. The van der Waals surface area contributed by atoms with Crippen molar-refractivity contribution in [2.24, 2.45) is 0 Å². The van der Waals surface area contributed by atoms with Gasteiger partial charge in [-0.25, -0.2) is 4.79 Å². The summed E-state index contributed by atoms with van der Waals surface area (Å²) in [6.45, 7) is 14.4. The first-order valence-corrected chi connectivity index (χ1v) is 11.6. The highest BCUT2D eigenvalue weighted by Crippen LogP contribution is 2.25. The van der Waals surface area contributed by atoms with Crippen molar-refractivity contribution in [2.75, 3.05) is 13.2 Å². The molecule has 3 N–H and O–H groups in total. The van der Waals surface area contributed by atoms with E-state index >= 15 is 0 Å². The van der Waals surface area contributed by atoms with Crippen LogP contribution in [0.2, 0.25) is 0 Å². The number of nitrogens with zero attached hydrogens (tertiary/aromatic N) is 1. The van der Waals surface area contributed by atoms with Crippen LogP contribution in [-0.4, -0.2) is 58.8 Å². The lowest BCUT2D eigenvalue weighted by molar-refractivity contribution is -0.143. The Bertz CT molecular complexity index is 797. The van der Waals surface area contributed by atoms with Crippen LogP contribution in [0.3, 0.4) is 0 Å². The minimum Gasteiger partial charge on any atom is -0.444 e. The van der Waals surface area contributed by atoms with E-state index in [4.69, 9.17) is 4.74 Å². The molecule has 0 aliphatic rings. The summed E-state index contributed by atoms with van der Waals surface area (Å²) in [5.74, 6) is -0.853. The number of alkyl carbamates (subject to hydrolysis) is 1. The van der Waals surface area contributed by atoms with Crippen LogP contribution in [0, 0.1) is 13.8 Å². The fourth-order valence-electron chi connectivity index (χ4n) is 3.53. The molecule has 8 nitrogen and oxygen atoms in total. The van der Waals surface area contributed by atoms with Gasteiger partial charge in [-0.2, -0.15) is 0 Å². The van der Waals surface area contributed by atoms with Gasteiger partial charge in [0.05, 0.1) is 6.61 Å². The monoisotopic (exact) mass is 463 g/mol. The largest absolute Gasteiger partial charge is 0.444 e. The number of ether oxygens (including phenoxy) is 1. The molecule has 0 fully saturated rings. The predicted molar refractivity (Wildman–Crippen MR) is 129 cm³/mol. The SMILES string of the molecule is CCCCN(C(=O)C(CO)NC(=O)OC(C)(C)C)C(C(=O)NC(C)C)c1cc(C)cc(C)c1. The van der Waals surface area contributed by atoms with Crippen molar-refractivity contribution in [3.63, 3.8) is 0 Å². The van der Waals surface area contributed by atoms with Gasteiger partial charge in [-0.15, -0.1) is 0 Å². The maximum Gasteiger partial charge on any atom is 0.408 e. The van der Waals surface area contributed by atoms with E-state index < -0.39 is 36.3 Å². The van der Waals surface area contributed by atoms with Gasteiger partial charge in [-0.05, 0) is 60.5 Å². The number of nitrogens with one attached hydrogen (secondary N) is 2. The molecular weight excluding hydrogens is 422 g/mol. The highest BCUT2D eigenvalue weighted by Gasteiger charge is 2.36. The number of aryl methyl sites for hydroxylation is 2. The van der Waals surface area contributed by atoms with Crippen LogP contribution in [0.1, 0.15) is 77.1 Å². The smallest absolute Gasteiger partial charge is 0.408 e. The van der Waals surface area contributed by atoms with Crippen molar-refractivity contribution < 1.29 is 24.2 Å². The van der Waals surface area contributed by atoms with E-state index in [2.05, 4.69) is 10.6 Å². The molecule has 1 aromatic rings. The zero-order valence-corrected chi connectivity index (χ0v) is 21.3. The number of carbonyl (C=O) groups is 3. The average Bonchev–Trinajstić information content (AvgIpc) is 2.65. The molecule has 0 heterocycles. The molecule has 0 saturated heterocycles. The Labute approximate surface area is 198 Å². The molecule has 3 amide bonds. The first-order valence-electron chi connectivity index (χ1n) is 11.6. The van der Waals surface area contributed by atoms with Crippen molar-refractivity contribution in [3.8, 4) is 0 Å².